The Kier molecular flexibility index (Phi) is 5.90. The molecule has 0 radical (unpaired) electrons. The van der Waals surface area contributed by atoms with E-state index in [2.05, 4.69) is 11.9 Å². The van der Waals surface area contributed by atoms with Crippen LogP contribution in [0.3, 0.4) is 0 Å². The van der Waals surface area contributed by atoms with Gasteiger partial charge in [-0.05, 0) is 32.9 Å². The summed E-state index contributed by atoms with van der Waals surface area (Å²) in [5.74, 6) is -0.514. The Morgan fingerprint density at radius 3 is 2.35 bits per heavy atom. The molecule has 1 aromatic carbocycles. The Bertz CT molecular complexity index is 705. The van der Waals surface area contributed by atoms with E-state index < -0.39 is 17.5 Å². The predicted octanol–water partition coefficient (Wildman–Crippen LogP) is 3.48. The summed E-state index contributed by atoms with van der Waals surface area (Å²) in [6, 6.07) is 3.27. The molecule has 1 aromatic rings. The summed E-state index contributed by atoms with van der Waals surface area (Å²) in [6.07, 6.45) is 0.690. The van der Waals surface area contributed by atoms with Gasteiger partial charge in [-0.1, -0.05) is 12.7 Å². The van der Waals surface area contributed by atoms with Gasteiger partial charge in [0.1, 0.15) is 5.60 Å². The molecule has 1 aliphatic heterocycles. The number of rotatable bonds is 3. The number of halogens is 1. The molecule has 1 N–H and O–H groups in total. The number of nitrogens with zero attached hydrogens (tertiary/aromatic N) is 2. The zero-order valence-electron chi connectivity index (χ0n) is 15.8. The second-order valence-corrected chi connectivity index (χ2v) is 7.22. The maximum Gasteiger partial charge on any atom is 0.412 e. The highest BCUT2D eigenvalue weighted by Gasteiger charge is 2.22. The first kappa shape index (κ1) is 19.8. The van der Waals surface area contributed by atoms with Gasteiger partial charge in [0.2, 0.25) is 5.91 Å². The van der Waals surface area contributed by atoms with Crippen molar-refractivity contribution in [2.24, 2.45) is 0 Å². The number of ether oxygens (including phenoxy) is 1. The van der Waals surface area contributed by atoms with Crippen LogP contribution < -0.4 is 10.2 Å². The zero-order valence-corrected chi connectivity index (χ0v) is 15.8. The molecule has 1 aliphatic rings. The van der Waals surface area contributed by atoms with Gasteiger partial charge >= 0.3 is 6.09 Å². The largest absolute Gasteiger partial charge is 0.444 e. The van der Waals surface area contributed by atoms with E-state index in [1.807, 2.05) is 4.90 Å². The third-order valence-electron chi connectivity index (χ3n) is 4.03. The van der Waals surface area contributed by atoms with Crippen molar-refractivity contribution in [2.45, 2.75) is 33.3 Å². The van der Waals surface area contributed by atoms with Gasteiger partial charge in [-0.3, -0.25) is 10.1 Å². The molecule has 1 saturated heterocycles. The number of nitrogens with one attached hydrogen (secondary N) is 1. The molecule has 7 heteroatoms. The molecule has 0 saturated carbocycles. The standard InChI is InChI=1S/C19H26FN3O3/c1-6-14-11-15(23-9-7-22(8-10-23)13(2)24)12-16(17(14)20)21-18(25)26-19(3,4)5/h6,11-12H,1,7-10H2,2-5H3,(H,21,25). The van der Waals surface area contributed by atoms with Gasteiger partial charge < -0.3 is 14.5 Å². The molecule has 0 unspecified atom stereocenters. The SMILES string of the molecule is C=Cc1cc(N2CCN(C(C)=O)CC2)cc(NC(=O)OC(C)(C)C)c1F. The van der Waals surface area contributed by atoms with Gasteiger partial charge in [-0.15, -0.1) is 0 Å². The fourth-order valence-corrected chi connectivity index (χ4v) is 2.75. The fourth-order valence-electron chi connectivity index (χ4n) is 2.75. The van der Waals surface area contributed by atoms with Crippen LogP contribution in [0.15, 0.2) is 18.7 Å². The molecule has 0 aliphatic carbocycles. The van der Waals surface area contributed by atoms with E-state index >= 15 is 0 Å². The fraction of sp³-hybridized carbons (Fsp3) is 0.474. The van der Waals surface area contributed by atoms with Crippen molar-refractivity contribution >= 4 is 29.5 Å². The Hall–Kier alpha value is -2.57. The summed E-state index contributed by atoms with van der Waals surface area (Å²) >= 11 is 0. The van der Waals surface area contributed by atoms with Crippen molar-refractivity contribution < 1.29 is 18.7 Å². The van der Waals surface area contributed by atoms with Crippen molar-refractivity contribution in [3.05, 3.63) is 30.1 Å². The summed E-state index contributed by atoms with van der Waals surface area (Å²) in [4.78, 5) is 27.3. The van der Waals surface area contributed by atoms with E-state index in [0.717, 1.165) is 5.69 Å². The number of amides is 2. The first-order valence-electron chi connectivity index (χ1n) is 8.57. The number of hydrogen-bond acceptors (Lipinski definition) is 4. The summed E-state index contributed by atoms with van der Waals surface area (Å²) in [7, 11) is 0. The summed E-state index contributed by atoms with van der Waals surface area (Å²) < 4.78 is 19.8. The van der Waals surface area contributed by atoms with Gasteiger partial charge in [0.25, 0.3) is 0 Å². The number of carbonyl (C=O) groups excluding carboxylic acids is 2. The normalized spacial score (nSPS) is 14.8. The molecule has 1 fully saturated rings. The van der Waals surface area contributed by atoms with Gasteiger partial charge in [-0.2, -0.15) is 0 Å². The highest BCUT2D eigenvalue weighted by molar-refractivity contribution is 5.87. The lowest BCUT2D eigenvalue weighted by atomic mass is 10.1. The molecule has 0 atom stereocenters. The minimum absolute atomic E-state index is 0.0423. The number of carbonyl (C=O) groups is 2. The van der Waals surface area contributed by atoms with Crippen molar-refractivity contribution in [2.75, 3.05) is 36.4 Å². The maximum absolute atomic E-state index is 14.6. The van der Waals surface area contributed by atoms with Crippen LogP contribution in [0.25, 0.3) is 6.08 Å². The van der Waals surface area contributed by atoms with Crippen LogP contribution >= 0.6 is 0 Å². The first-order valence-corrected chi connectivity index (χ1v) is 8.57. The Labute approximate surface area is 153 Å². The van der Waals surface area contributed by atoms with Crippen LogP contribution in [-0.4, -0.2) is 48.7 Å². The van der Waals surface area contributed by atoms with Crippen LogP contribution in [0.2, 0.25) is 0 Å². The lowest BCUT2D eigenvalue weighted by Gasteiger charge is -2.36. The van der Waals surface area contributed by atoms with Crippen molar-refractivity contribution in [1.82, 2.24) is 4.90 Å². The highest BCUT2D eigenvalue weighted by Crippen LogP contribution is 2.28. The Morgan fingerprint density at radius 2 is 1.85 bits per heavy atom. The molecule has 142 valence electrons. The van der Waals surface area contributed by atoms with Gasteiger partial charge in [0.15, 0.2) is 5.82 Å². The van der Waals surface area contributed by atoms with Crippen LogP contribution in [0.4, 0.5) is 20.6 Å². The van der Waals surface area contributed by atoms with Gasteiger partial charge in [0.05, 0.1) is 5.69 Å². The number of hydrogen-bond donors (Lipinski definition) is 1. The molecule has 6 nitrogen and oxygen atoms in total. The van der Waals surface area contributed by atoms with Crippen LogP contribution in [0.1, 0.15) is 33.3 Å². The second-order valence-electron chi connectivity index (χ2n) is 7.22. The van der Waals surface area contributed by atoms with E-state index in [1.165, 1.54) is 6.08 Å². The summed E-state index contributed by atoms with van der Waals surface area (Å²) in [6.45, 7) is 12.9. The summed E-state index contributed by atoms with van der Waals surface area (Å²) in [5, 5.41) is 2.47. The minimum Gasteiger partial charge on any atom is -0.444 e. The lowest BCUT2D eigenvalue weighted by Crippen LogP contribution is -2.48. The van der Waals surface area contributed by atoms with Crippen molar-refractivity contribution in [3.8, 4) is 0 Å². The second kappa shape index (κ2) is 7.76. The number of anilines is 2. The van der Waals surface area contributed by atoms with E-state index in [0.29, 0.717) is 31.7 Å². The smallest absolute Gasteiger partial charge is 0.412 e. The number of benzene rings is 1. The molecule has 0 spiro atoms. The predicted molar refractivity (Wildman–Crippen MR) is 101 cm³/mol. The third kappa shape index (κ3) is 4.97. The maximum atomic E-state index is 14.6. The average Bonchev–Trinajstić information content (AvgIpc) is 2.55. The molecule has 2 rings (SSSR count). The van der Waals surface area contributed by atoms with Crippen LogP contribution in [0, 0.1) is 5.82 Å². The Balaban J connectivity index is 2.22. The van der Waals surface area contributed by atoms with E-state index in [-0.39, 0.29) is 11.6 Å². The lowest BCUT2D eigenvalue weighted by molar-refractivity contribution is -0.129. The van der Waals surface area contributed by atoms with Gasteiger partial charge in [-0.25, -0.2) is 9.18 Å². The summed E-state index contributed by atoms with van der Waals surface area (Å²) in [5.41, 5.74) is 0.418. The van der Waals surface area contributed by atoms with Crippen LogP contribution in [-0.2, 0) is 9.53 Å². The van der Waals surface area contributed by atoms with Crippen LogP contribution in [0.5, 0.6) is 0 Å². The molecule has 2 amide bonds. The molecule has 0 bridgehead atoms. The van der Waals surface area contributed by atoms with E-state index in [9.17, 15) is 14.0 Å². The van der Waals surface area contributed by atoms with Gasteiger partial charge in [0, 0.05) is 44.4 Å². The topological polar surface area (TPSA) is 61.9 Å². The Morgan fingerprint density at radius 1 is 1.23 bits per heavy atom. The zero-order chi connectivity index (χ0) is 19.5. The van der Waals surface area contributed by atoms with Crippen molar-refractivity contribution in [3.63, 3.8) is 0 Å². The average molecular weight is 363 g/mol. The third-order valence-corrected chi connectivity index (χ3v) is 4.03. The minimum atomic E-state index is -0.718. The highest BCUT2D eigenvalue weighted by atomic mass is 19.1. The van der Waals surface area contributed by atoms with E-state index in [4.69, 9.17) is 4.74 Å². The van der Waals surface area contributed by atoms with E-state index in [1.54, 1.807) is 44.7 Å². The quantitative estimate of drug-likeness (QED) is 0.893. The first-order chi connectivity index (χ1) is 12.1. The molecular formula is C19H26FN3O3. The van der Waals surface area contributed by atoms with Crippen molar-refractivity contribution in [1.29, 1.82) is 0 Å². The number of piperazine rings is 1. The monoisotopic (exact) mass is 363 g/mol. The molecule has 1 heterocycles. The molecule has 26 heavy (non-hydrogen) atoms. The molecule has 0 aromatic heterocycles. The molecular weight excluding hydrogens is 337 g/mol.